The monoisotopic (exact) mass is 395 g/mol. The van der Waals surface area contributed by atoms with Crippen LogP contribution in [0.25, 0.3) is 6.08 Å². The average molecular weight is 396 g/mol. The maximum atomic E-state index is 6.74. The quantitative estimate of drug-likeness (QED) is 0.472. The van der Waals surface area contributed by atoms with E-state index in [2.05, 4.69) is 99.3 Å². The minimum absolute atomic E-state index is 0.0204. The first kappa shape index (κ1) is 21.4. The van der Waals surface area contributed by atoms with Crippen molar-refractivity contribution in [3.63, 3.8) is 0 Å². The molecular formula is C25H37NOSi. The van der Waals surface area contributed by atoms with Gasteiger partial charge in [0.05, 0.1) is 12.6 Å². The van der Waals surface area contributed by atoms with Crippen LogP contribution in [-0.2, 0) is 4.74 Å². The van der Waals surface area contributed by atoms with Gasteiger partial charge in [-0.2, -0.15) is 0 Å². The van der Waals surface area contributed by atoms with E-state index in [1.165, 1.54) is 24.8 Å². The van der Waals surface area contributed by atoms with E-state index in [-0.39, 0.29) is 11.8 Å². The number of hydrogen-bond donors (Lipinski definition) is 0. The van der Waals surface area contributed by atoms with Crippen molar-refractivity contribution in [3.05, 3.63) is 42.0 Å². The van der Waals surface area contributed by atoms with E-state index in [1.54, 1.807) is 0 Å². The lowest BCUT2D eigenvalue weighted by molar-refractivity contribution is -0.220. The van der Waals surface area contributed by atoms with Crippen molar-refractivity contribution >= 4 is 14.1 Å². The summed E-state index contributed by atoms with van der Waals surface area (Å²) in [6, 6.07) is 10.5. The van der Waals surface area contributed by atoms with Crippen molar-refractivity contribution in [1.29, 1.82) is 0 Å². The van der Waals surface area contributed by atoms with Crippen LogP contribution in [-0.4, -0.2) is 37.4 Å². The molecule has 1 aliphatic carbocycles. The van der Waals surface area contributed by atoms with Crippen molar-refractivity contribution in [2.24, 2.45) is 11.8 Å². The van der Waals surface area contributed by atoms with Crippen LogP contribution in [0.5, 0.6) is 0 Å². The average Bonchev–Trinajstić information content (AvgIpc) is 2.63. The van der Waals surface area contributed by atoms with E-state index in [1.807, 2.05) is 0 Å². The van der Waals surface area contributed by atoms with Crippen LogP contribution in [0.1, 0.15) is 45.6 Å². The molecule has 3 heteroatoms. The van der Waals surface area contributed by atoms with Crippen LogP contribution in [0.3, 0.4) is 0 Å². The lowest BCUT2D eigenvalue weighted by atomic mass is 9.69. The third-order valence-corrected chi connectivity index (χ3v) is 7.28. The molecule has 1 heterocycles. The summed E-state index contributed by atoms with van der Waals surface area (Å²) in [5, 5.41) is 0. The summed E-state index contributed by atoms with van der Waals surface area (Å²) in [6.07, 6.45) is 8.62. The van der Waals surface area contributed by atoms with Gasteiger partial charge in [-0.05, 0) is 44.2 Å². The van der Waals surface area contributed by atoms with Gasteiger partial charge in [0.2, 0.25) is 0 Å². The number of rotatable bonds is 3. The van der Waals surface area contributed by atoms with Gasteiger partial charge in [0, 0.05) is 11.5 Å². The van der Waals surface area contributed by atoms with E-state index in [0.717, 1.165) is 6.54 Å². The summed E-state index contributed by atoms with van der Waals surface area (Å²) in [5.74, 6) is 4.71. The van der Waals surface area contributed by atoms with E-state index in [4.69, 9.17) is 4.74 Å². The highest BCUT2D eigenvalue weighted by Crippen LogP contribution is 2.45. The van der Waals surface area contributed by atoms with Crippen LogP contribution in [0.15, 0.2) is 36.4 Å². The predicted octanol–water partition coefficient (Wildman–Crippen LogP) is 5.82. The molecule has 4 atom stereocenters. The number of ether oxygens (including phenoxy) is 1. The van der Waals surface area contributed by atoms with Gasteiger partial charge in [0.25, 0.3) is 0 Å². The number of hydrogen-bond acceptors (Lipinski definition) is 2. The Bertz CT molecular complexity index is 737. The van der Waals surface area contributed by atoms with Crippen molar-refractivity contribution in [1.82, 2.24) is 4.90 Å². The lowest BCUT2D eigenvalue weighted by Crippen LogP contribution is -2.65. The minimum atomic E-state index is -1.37. The van der Waals surface area contributed by atoms with E-state index in [9.17, 15) is 0 Å². The van der Waals surface area contributed by atoms with E-state index >= 15 is 0 Å². The number of fused-ring (bicyclic) bond motifs is 1. The van der Waals surface area contributed by atoms with Gasteiger partial charge in [-0.25, -0.2) is 0 Å². The summed E-state index contributed by atoms with van der Waals surface area (Å²) in [4.78, 5) is 2.50. The second kappa shape index (κ2) is 8.57. The van der Waals surface area contributed by atoms with Crippen LogP contribution >= 0.6 is 0 Å². The molecule has 0 bridgehead atoms. The molecule has 0 radical (unpaired) electrons. The van der Waals surface area contributed by atoms with Crippen molar-refractivity contribution in [2.75, 3.05) is 6.54 Å². The molecule has 28 heavy (non-hydrogen) atoms. The molecule has 0 amide bonds. The fourth-order valence-electron chi connectivity index (χ4n) is 4.73. The molecular weight excluding hydrogens is 358 g/mol. The van der Waals surface area contributed by atoms with Gasteiger partial charge in [-0.1, -0.05) is 75.3 Å². The lowest BCUT2D eigenvalue weighted by Gasteiger charge is -2.57. The highest BCUT2D eigenvalue weighted by atomic mass is 28.3. The Labute approximate surface area is 173 Å². The Morgan fingerprint density at radius 3 is 2.57 bits per heavy atom. The van der Waals surface area contributed by atoms with Gasteiger partial charge in [0.1, 0.15) is 14.3 Å². The zero-order chi connectivity index (χ0) is 20.4. The normalized spacial score (nSPS) is 30.5. The standard InChI is InChI=1S/C25H37NOSi/c1-20-12-10-15-22-24(20)27-23(17-16-21-13-8-7-9-14-21)26(25(22,2)3)18-11-19-28(4,5)6/h7-9,13-14,16-17,20,22-24H,10,12,15,18H2,1-6H3/b17-16+. The molecule has 0 aromatic heterocycles. The summed E-state index contributed by atoms with van der Waals surface area (Å²) in [7, 11) is -1.37. The molecule has 2 nitrogen and oxygen atoms in total. The Morgan fingerprint density at radius 2 is 1.89 bits per heavy atom. The molecule has 1 aliphatic heterocycles. The second-order valence-electron chi connectivity index (χ2n) is 10.1. The second-order valence-corrected chi connectivity index (χ2v) is 14.9. The third kappa shape index (κ3) is 4.98. The first-order valence-electron chi connectivity index (χ1n) is 10.8. The number of nitrogens with zero attached hydrogens (tertiary/aromatic N) is 1. The molecule has 2 fully saturated rings. The third-order valence-electron chi connectivity index (χ3n) is 6.35. The van der Waals surface area contributed by atoms with Gasteiger partial charge in [0.15, 0.2) is 0 Å². The summed E-state index contributed by atoms with van der Waals surface area (Å²) in [5.41, 5.74) is 4.85. The van der Waals surface area contributed by atoms with Crippen LogP contribution < -0.4 is 0 Å². The molecule has 4 unspecified atom stereocenters. The maximum absolute atomic E-state index is 6.74. The topological polar surface area (TPSA) is 12.5 Å². The molecule has 3 rings (SSSR count). The predicted molar refractivity (Wildman–Crippen MR) is 123 cm³/mol. The molecule has 1 aromatic rings. The first-order valence-corrected chi connectivity index (χ1v) is 14.3. The molecule has 1 aromatic carbocycles. The first-order chi connectivity index (χ1) is 13.2. The largest absolute Gasteiger partial charge is 0.356 e. The summed E-state index contributed by atoms with van der Waals surface area (Å²) in [6.45, 7) is 14.9. The fraction of sp³-hybridized carbons (Fsp3) is 0.600. The van der Waals surface area contributed by atoms with Crippen LogP contribution in [0.2, 0.25) is 19.6 Å². The molecule has 152 valence electrons. The van der Waals surface area contributed by atoms with Crippen molar-refractivity contribution < 1.29 is 4.74 Å². The zero-order valence-electron chi connectivity index (χ0n) is 18.5. The molecule has 0 spiro atoms. The van der Waals surface area contributed by atoms with Crippen LogP contribution in [0.4, 0.5) is 0 Å². The summed E-state index contributed by atoms with van der Waals surface area (Å²) >= 11 is 0. The summed E-state index contributed by atoms with van der Waals surface area (Å²) < 4.78 is 6.74. The van der Waals surface area contributed by atoms with E-state index in [0.29, 0.717) is 17.9 Å². The fourth-order valence-corrected chi connectivity index (χ4v) is 5.34. The van der Waals surface area contributed by atoms with E-state index < -0.39 is 8.07 Å². The zero-order valence-corrected chi connectivity index (χ0v) is 19.5. The Kier molecular flexibility index (Phi) is 6.54. The molecule has 0 N–H and O–H groups in total. The minimum Gasteiger partial charge on any atom is -0.356 e. The molecule has 1 saturated heterocycles. The van der Waals surface area contributed by atoms with Crippen LogP contribution in [0, 0.1) is 23.3 Å². The Morgan fingerprint density at radius 1 is 1.18 bits per heavy atom. The van der Waals surface area contributed by atoms with Crippen molar-refractivity contribution in [3.8, 4) is 11.5 Å². The van der Waals surface area contributed by atoms with Gasteiger partial charge in [-0.15, -0.1) is 5.54 Å². The van der Waals surface area contributed by atoms with Gasteiger partial charge >= 0.3 is 0 Å². The van der Waals surface area contributed by atoms with Gasteiger partial charge < -0.3 is 4.74 Å². The van der Waals surface area contributed by atoms with Gasteiger partial charge in [-0.3, -0.25) is 4.90 Å². The van der Waals surface area contributed by atoms with Crippen molar-refractivity contribution in [2.45, 2.75) is 77.5 Å². The maximum Gasteiger partial charge on any atom is 0.131 e. The Hall–Kier alpha value is -1.34. The molecule has 2 aliphatic rings. The SMILES string of the molecule is CC1CCCC2C1OC(/C=C/c1ccccc1)N(CC#C[Si](C)(C)C)C2(C)C. The Balaban J connectivity index is 1.89. The highest BCUT2D eigenvalue weighted by Gasteiger charge is 2.50. The number of benzene rings is 1. The molecule has 1 saturated carbocycles. The highest BCUT2D eigenvalue weighted by molar-refractivity contribution is 6.83. The smallest absolute Gasteiger partial charge is 0.131 e.